The van der Waals surface area contributed by atoms with Gasteiger partial charge in [0.25, 0.3) is 10.0 Å². The molecule has 47 heavy (non-hydrogen) atoms. The average Bonchev–Trinajstić information content (AvgIpc) is 3.09. The molecule has 1 saturated carbocycles. The van der Waals surface area contributed by atoms with Crippen molar-refractivity contribution >= 4 is 27.5 Å². The van der Waals surface area contributed by atoms with Crippen LogP contribution >= 0.6 is 0 Å². The van der Waals surface area contributed by atoms with E-state index in [4.69, 9.17) is 18.9 Å². The zero-order chi connectivity index (χ0) is 34.1. The van der Waals surface area contributed by atoms with Crippen LogP contribution in [0.4, 0.5) is 10.1 Å². The molecule has 13 heteroatoms. The maximum atomic E-state index is 14.4. The van der Waals surface area contributed by atoms with Gasteiger partial charge in [-0.15, -0.1) is 0 Å². The fraction of sp³-hybridized carbons (Fsp3) is 0.412. The number of hydrogen-bond donors (Lipinski definition) is 1. The number of nitrogens with zero attached hydrogens (tertiary/aromatic N) is 2. The Balaban J connectivity index is 1.78. The number of anilines is 1. The summed E-state index contributed by atoms with van der Waals surface area (Å²) in [5.74, 6) is -0.512. The molecule has 1 aliphatic carbocycles. The first-order valence-electron chi connectivity index (χ1n) is 15.3. The molecule has 3 aromatic carbocycles. The molecular weight excluding hydrogens is 629 g/mol. The molecule has 1 atom stereocenters. The molecular formula is C34H42FN3O8S. The Bertz CT molecular complexity index is 1650. The molecule has 0 aromatic heterocycles. The van der Waals surface area contributed by atoms with E-state index in [9.17, 15) is 22.4 Å². The number of carbonyl (C=O) groups excluding carboxylic acids is 2. The molecule has 1 fully saturated rings. The molecule has 4 rings (SSSR count). The van der Waals surface area contributed by atoms with Crippen LogP contribution in [0.15, 0.2) is 65.6 Å². The first-order chi connectivity index (χ1) is 22.5. The third-order valence-corrected chi connectivity index (χ3v) is 10.0. The number of halogens is 1. The van der Waals surface area contributed by atoms with Crippen LogP contribution in [-0.4, -0.2) is 72.2 Å². The molecule has 0 aliphatic heterocycles. The number of ether oxygens (including phenoxy) is 4. The van der Waals surface area contributed by atoms with E-state index in [0.29, 0.717) is 17.1 Å². The van der Waals surface area contributed by atoms with Crippen molar-refractivity contribution in [1.29, 1.82) is 0 Å². The monoisotopic (exact) mass is 671 g/mol. The Morgan fingerprint density at radius 3 is 2.11 bits per heavy atom. The third kappa shape index (κ3) is 8.45. The maximum absolute atomic E-state index is 14.4. The fourth-order valence-electron chi connectivity index (χ4n) is 5.55. The summed E-state index contributed by atoms with van der Waals surface area (Å²) in [6, 6.07) is 13.3. The quantitative estimate of drug-likeness (QED) is 0.256. The minimum absolute atomic E-state index is 0.00977. The second-order valence-electron chi connectivity index (χ2n) is 11.2. The van der Waals surface area contributed by atoms with Crippen molar-refractivity contribution in [2.45, 2.75) is 62.6 Å². The Morgan fingerprint density at radius 1 is 0.851 bits per heavy atom. The van der Waals surface area contributed by atoms with Crippen LogP contribution < -0.4 is 28.6 Å². The number of hydrogen-bond acceptors (Lipinski definition) is 8. The van der Waals surface area contributed by atoms with Gasteiger partial charge in [0.1, 0.15) is 29.9 Å². The third-order valence-electron chi connectivity index (χ3n) is 8.26. The van der Waals surface area contributed by atoms with Gasteiger partial charge in [-0.1, -0.05) is 31.4 Å². The van der Waals surface area contributed by atoms with Crippen LogP contribution in [0.2, 0.25) is 0 Å². The van der Waals surface area contributed by atoms with Gasteiger partial charge < -0.3 is 29.2 Å². The topological polar surface area (TPSA) is 124 Å². The van der Waals surface area contributed by atoms with Crippen LogP contribution in [0, 0.1) is 5.82 Å². The number of sulfonamides is 1. The molecule has 0 spiro atoms. The molecule has 1 unspecified atom stereocenters. The molecule has 0 saturated heterocycles. The van der Waals surface area contributed by atoms with Crippen molar-refractivity contribution in [3.63, 3.8) is 0 Å². The van der Waals surface area contributed by atoms with Crippen molar-refractivity contribution in [1.82, 2.24) is 10.2 Å². The normalized spacial score (nSPS) is 14.1. The summed E-state index contributed by atoms with van der Waals surface area (Å²) in [6.07, 6.45) is 4.80. The molecule has 0 radical (unpaired) electrons. The predicted molar refractivity (Wildman–Crippen MR) is 175 cm³/mol. The highest BCUT2D eigenvalue weighted by atomic mass is 32.2. The second-order valence-corrected chi connectivity index (χ2v) is 13.1. The summed E-state index contributed by atoms with van der Waals surface area (Å²) in [4.78, 5) is 29.0. The lowest BCUT2D eigenvalue weighted by Gasteiger charge is -2.33. The highest BCUT2D eigenvalue weighted by molar-refractivity contribution is 7.92. The van der Waals surface area contributed by atoms with E-state index in [0.717, 1.165) is 36.4 Å². The van der Waals surface area contributed by atoms with E-state index in [-0.39, 0.29) is 40.6 Å². The number of carbonyl (C=O) groups is 2. The number of amides is 2. The molecule has 3 aromatic rings. The summed E-state index contributed by atoms with van der Waals surface area (Å²) < 4.78 is 65.1. The highest BCUT2D eigenvalue weighted by Gasteiger charge is 2.35. The van der Waals surface area contributed by atoms with E-state index >= 15 is 0 Å². The average molecular weight is 672 g/mol. The van der Waals surface area contributed by atoms with Gasteiger partial charge in [-0.3, -0.25) is 13.9 Å². The fourth-order valence-corrected chi connectivity index (χ4v) is 6.98. The molecule has 1 N–H and O–H groups in total. The Hall–Kier alpha value is -4.52. The van der Waals surface area contributed by atoms with Gasteiger partial charge in [-0.05, 0) is 61.7 Å². The molecule has 254 valence electrons. The summed E-state index contributed by atoms with van der Waals surface area (Å²) >= 11 is 0. The number of nitrogens with one attached hydrogen (secondary N) is 1. The SMILES string of the molecule is COc1ccc(OC)c(N(CC(=O)N(Cc2ccc(F)cc2)C(C)C(=O)NC2CCCCC2)S(=O)(=O)c2ccc(OC)c(OC)c2)c1. The van der Waals surface area contributed by atoms with E-state index in [1.807, 2.05) is 0 Å². The Labute approximate surface area is 275 Å². The van der Waals surface area contributed by atoms with Crippen molar-refractivity contribution in [3.05, 3.63) is 72.0 Å². The van der Waals surface area contributed by atoms with E-state index in [1.54, 1.807) is 13.0 Å². The first-order valence-corrected chi connectivity index (χ1v) is 16.8. The summed E-state index contributed by atoms with van der Waals surface area (Å²) in [5.41, 5.74) is 0.598. The number of rotatable bonds is 14. The zero-order valence-electron chi connectivity index (χ0n) is 27.3. The minimum Gasteiger partial charge on any atom is -0.497 e. The lowest BCUT2D eigenvalue weighted by Crippen LogP contribution is -2.53. The van der Waals surface area contributed by atoms with E-state index in [2.05, 4.69) is 5.32 Å². The van der Waals surface area contributed by atoms with Gasteiger partial charge >= 0.3 is 0 Å². The van der Waals surface area contributed by atoms with Gasteiger partial charge in [0.2, 0.25) is 11.8 Å². The minimum atomic E-state index is -4.48. The van der Waals surface area contributed by atoms with Crippen molar-refractivity contribution in [2.24, 2.45) is 0 Å². The van der Waals surface area contributed by atoms with Crippen molar-refractivity contribution in [2.75, 3.05) is 39.3 Å². The summed E-state index contributed by atoms with van der Waals surface area (Å²) in [6.45, 7) is 0.819. The lowest BCUT2D eigenvalue weighted by atomic mass is 9.95. The van der Waals surface area contributed by atoms with E-state index in [1.165, 1.54) is 87.9 Å². The summed E-state index contributed by atoms with van der Waals surface area (Å²) in [5, 5.41) is 3.06. The lowest BCUT2D eigenvalue weighted by molar-refractivity contribution is -0.139. The smallest absolute Gasteiger partial charge is 0.265 e. The first kappa shape index (κ1) is 35.3. The van der Waals surface area contributed by atoms with Gasteiger partial charge in [0, 0.05) is 24.7 Å². The Kier molecular flexibility index (Phi) is 11.9. The molecule has 0 bridgehead atoms. The largest absolute Gasteiger partial charge is 0.497 e. The molecule has 0 heterocycles. The van der Waals surface area contributed by atoms with Crippen LogP contribution in [0.25, 0.3) is 0 Å². The van der Waals surface area contributed by atoms with Crippen molar-refractivity contribution in [3.8, 4) is 23.0 Å². The van der Waals surface area contributed by atoms with Crippen LogP contribution in [0.3, 0.4) is 0 Å². The molecule has 11 nitrogen and oxygen atoms in total. The molecule has 1 aliphatic rings. The van der Waals surface area contributed by atoms with Gasteiger partial charge in [0.05, 0.1) is 39.0 Å². The number of benzene rings is 3. The highest BCUT2D eigenvalue weighted by Crippen LogP contribution is 2.38. The number of methoxy groups -OCH3 is 4. The second kappa shape index (κ2) is 15.9. The van der Waals surface area contributed by atoms with E-state index < -0.39 is 34.3 Å². The van der Waals surface area contributed by atoms with Crippen LogP contribution in [0.5, 0.6) is 23.0 Å². The molecule has 2 amide bonds. The summed E-state index contributed by atoms with van der Waals surface area (Å²) in [7, 11) is 1.15. The van der Waals surface area contributed by atoms with Gasteiger partial charge in [-0.25, -0.2) is 12.8 Å². The van der Waals surface area contributed by atoms with Crippen molar-refractivity contribution < 1.29 is 41.3 Å². The van der Waals surface area contributed by atoms with Crippen LogP contribution in [0.1, 0.15) is 44.6 Å². The van der Waals surface area contributed by atoms with Gasteiger partial charge in [-0.2, -0.15) is 0 Å². The zero-order valence-corrected chi connectivity index (χ0v) is 28.1. The maximum Gasteiger partial charge on any atom is 0.265 e. The standard InChI is InChI=1S/C34H42FN3O8S/c1-23(34(40)36-26-9-7-6-8-10-26)37(21-24-11-13-25(35)14-12-24)33(39)22-38(29-19-27(43-2)15-17-30(29)44-3)47(41,42)28-16-18-31(45-4)32(20-28)46-5/h11-20,23,26H,6-10,21-22H2,1-5H3,(H,36,40). The van der Waals surface area contributed by atoms with Crippen LogP contribution in [-0.2, 0) is 26.2 Å². The van der Waals surface area contributed by atoms with Gasteiger partial charge in [0.15, 0.2) is 11.5 Å². The predicted octanol–water partition coefficient (Wildman–Crippen LogP) is 4.92. The Morgan fingerprint density at radius 2 is 1.49 bits per heavy atom.